The van der Waals surface area contributed by atoms with Crippen LogP contribution in [0.5, 0.6) is 0 Å². The van der Waals surface area contributed by atoms with Crippen LogP contribution in [0.2, 0.25) is 0 Å². The third kappa shape index (κ3) is 3.72. The van der Waals surface area contributed by atoms with Gasteiger partial charge in [0.2, 0.25) is 0 Å². The molecule has 1 aliphatic heterocycles. The van der Waals surface area contributed by atoms with Crippen molar-refractivity contribution in [1.82, 2.24) is 0 Å². The van der Waals surface area contributed by atoms with Crippen molar-refractivity contribution < 1.29 is 18.7 Å². The Morgan fingerprint density at radius 2 is 1.55 bits per heavy atom. The molecule has 3 aromatic rings. The molecule has 31 heavy (non-hydrogen) atoms. The third-order valence-electron chi connectivity index (χ3n) is 4.86. The van der Waals surface area contributed by atoms with E-state index in [0.717, 1.165) is 9.80 Å². The Hall–Kier alpha value is -3.12. The number of thioether (sulfide) groups is 1. The second-order valence-corrected chi connectivity index (χ2v) is 9.51. The molecule has 0 N–H and O–H groups in total. The molecule has 0 aliphatic carbocycles. The minimum absolute atomic E-state index is 0.0611. The van der Waals surface area contributed by atoms with E-state index in [-0.39, 0.29) is 5.69 Å². The number of benzene rings is 3. The van der Waals surface area contributed by atoms with Gasteiger partial charge in [-0.1, -0.05) is 72.4 Å². The highest BCUT2D eigenvalue weighted by Gasteiger charge is 2.57. The van der Waals surface area contributed by atoms with Crippen molar-refractivity contribution in [2.24, 2.45) is 0 Å². The fraction of sp³-hybridized carbons (Fsp3) is 0.200. The zero-order valence-electron chi connectivity index (χ0n) is 17.5. The van der Waals surface area contributed by atoms with Crippen LogP contribution in [-0.2, 0) is 14.3 Å². The number of nitrogens with zero attached hydrogens (tertiary/aromatic N) is 1. The maximum absolute atomic E-state index is 15.1. The van der Waals surface area contributed by atoms with Crippen LogP contribution in [0.3, 0.4) is 0 Å². The summed E-state index contributed by atoms with van der Waals surface area (Å²) >= 11 is 1.28. The van der Waals surface area contributed by atoms with Crippen molar-refractivity contribution in [3.8, 4) is 0 Å². The van der Waals surface area contributed by atoms with Crippen LogP contribution >= 0.6 is 11.8 Å². The Bertz CT molecular complexity index is 1130. The molecule has 2 amide bonds. The van der Waals surface area contributed by atoms with Crippen LogP contribution in [0.1, 0.15) is 31.9 Å². The van der Waals surface area contributed by atoms with Crippen molar-refractivity contribution in [2.45, 2.75) is 36.0 Å². The third-order valence-corrected chi connectivity index (χ3v) is 6.31. The molecule has 0 saturated carbocycles. The van der Waals surface area contributed by atoms with E-state index in [1.807, 2.05) is 60.7 Å². The van der Waals surface area contributed by atoms with Gasteiger partial charge in [0.25, 0.3) is 5.91 Å². The molecule has 4 rings (SSSR count). The fourth-order valence-corrected chi connectivity index (χ4v) is 5.01. The number of rotatable bonds is 3. The Kier molecular flexibility index (Phi) is 5.35. The standard InChI is InChI=1S/C25H22FNO3S/c1-24(2,3)30-23(29)27-21-19(15-10-16-20(21)26)25(22(27)28,17-11-6-4-7-12-17)31-18-13-8-5-9-14-18/h4-16H,1-3H3/t25-/m0/s1. The molecule has 0 aromatic heterocycles. The number of ether oxygens (including phenoxy) is 1. The van der Waals surface area contributed by atoms with Gasteiger partial charge in [0, 0.05) is 10.5 Å². The molecule has 0 saturated heterocycles. The first-order valence-electron chi connectivity index (χ1n) is 9.90. The summed E-state index contributed by atoms with van der Waals surface area (Å²) in [6, 6.07) is 23.0. The first kappa shape index (κ1) is 21.1. The summed E-state index contributed by atoms with van der Waals surface area (Å²) in [5.41, 5.74) is 0.178. The summed E-state index contributed by atoms with van der Waals surface area (Å²) in [7, 11) is 0. The van der Waals surface area contributed by atoms with Crippen LogP contribution in [-0.4, -0.2) is 17.6 Å². The van der Waals surface area contributed by atoms with E-state index in [1.54, 1.807) is 32.9 Å². The molecule has 1 aliphatic rings. The zero-order valence-corrected chi connectivity index (χ0v) is 18.3. The Balaban J connectivity index is 1.96. The Morgan fingerprint density at radius 3 is 2.16 bits per heavy atom. The Morgan fingerprint density at radius 1 is 0.935 bits per heavy atom. The van der Waals surface area contributed by atoms with Gasteiger partial charge in [0.15, 0.2) is 4.75 Å². The first-order chi connectivity index (χ1) is 14.7. The summed E-state index contributed by atoms with van der Waals surface area (Å²) in [6.45, 7) is 5.12. The highest BCUT2D eigenvalue weighted by atomic mass is 32.2. The zero-order chi connectivity index (χ0) is 22.2. The van der Waals surface area contributed by atoms with E-state index < -0.39 is 28.2 Å². The lowest BCUT2D eigenvalue weighted by molar-refractivity contribution is -0.119. The molecule has 1 atom stereocenters. The molecule has 6 heteroatoms. The summed E-state index contributed by atoms with van der Waals surface area (Å²) in [5, 5.41) is 0. The minimum Gasteiger partial charge on any atom is -0.443 e. The average molecular weight is 436 g/mol. The number of hydrogen-bond acceptors (Lipinski definition) is 4. The molecule has 0 fully saturated rings. The maximum atomic E-state index is 15.1. The van der Waals surface area contributed by atoms with E-state index >= 15 is 4.39 Å². The lowest BCUT2D eigenvalue weighted by atomic mass is 9.91. The normalized spacial score (nSPS) is 18.1. The predicted molar refractivity (Wildman–Crippen MR) is 120 cm³/mol. The summed E-state index contributed by atoms with van der Waals surface area (Å²) in [4.78, 5) is 28.7. The van der Waals surface area contributed by atoms with Crippen LogP contribution in [0.4, 0.5) is 14.9 Å². The largest absolute Gasteiger partial charge is 0.443 e. The number of amides is 2. The average Bonchev–Trinajstić information content (AvgIpc) is 2.98. The highest BCUT2D eigenvalue weighted by Crippen LogP contribution is 2.56. The van der Waals surface area contributed by atoms with Gasteiger partial charge < -0.3 is 4.74 Å². The first-order valence-corrected chi connectivity index (χ1v) is 10.7. The van der Waals surface area contributed by atoms with Crippen molar-refractivity contribution in [3.63, 3.8) is 0 Å². The molecule has 0 bridgehead atoms. The monoisotopic (exact) mass is 435 g/mol. The number of imide groups is 1. The predicted octanol–water partition coefficient (Wildman–Crippen LogP) is 6.14. The number of carbonyl (C=O) groups excluding carboxylic acids is 2. The second kappa shape index (κ2) is 7.85. The molecule has 3 aromatic carbocycles. The number of anilines is 1. The molecular weight excluding hydrogens is 413 g/mol. The van der Waals surface area contributed by atoms with Gasteiger partial charge in [-0.05, 0) is 44.5 Å². The van der Waals surface area contributed by atoms with Crippen LogP contribution in [0.15, 0.2) is 83.8 Å². The topological polar surface area (TPSA) is 46.6 Å². The molecule has 0 radical (unpaired) electrons. The van der Waals surface area contributed by atoms with Gasteiger partial charge in [-0.15, -0.1) is 0 Å². The van der Waals surface area contributed by atoms with Crippen molar-refractivity contribution in [1.29, 1.82) is 0 Å². The number of carbonyl (C=O) groups is 2. The number of hydrogen-bond donors (Lipinski definition) is 0. The number of halogens is 1. The molecule has 1 heterocycles. The number of para-hydroxylation sites is 1. The summed E-state index contributed by atoms with van der Waals surface area (Å²) in [6.07, 6.45) is -0.893. The molecule has 158 valence electrons. The Labute approximate surface area is 185 Å². The van der Waals surface area contributed by atoms with E-state index in [1.165, 1.54) is 17.8 Å². The van der Waals surface area contributed by atoms with E-state index in [9.17, 15) is 9.59 Å². The molecule has 4 nitrogen and oxygen atoms in total. The van der Waals surface area contributed by atoms with Crippen LogP contribution in [0.25, 0.3) is 0 Å². The van der Waals surface area contributed by atoms with Crippen molar-refractivity contribution in [3.05, 3.63) is 95.8 Å². The van der Waals surface area contributed by atoms with Gasteiger partial charge in [-0.3, -0.25) is 4.79 Å². The van der Waals surface area contributed by atoms with Crippen LogP contribution < -0.4 is 4.90 Å². The van der Waals surface area contributed by atoms with Crippen LogP contribution in [0, 0.1) is 5.82 Å². The smallest absolute Gasteiger partial charge is 0.421 e. The fourth-order valence-electron chi connectivity index (χ4n) is 3.66. The van der Waals surface area contributed by atoms with E-state index in [0.29, 0.717) is 11.1 Å². The minimum atomic E-state index is -1.34. The quantitative estimate of drug-likeness (QED) is 0.496. The second-order valence-electron chi connectivity index (χ2n) is 8.22. The van der Waals surface area contributed by atoms with Gasteiger partial charge in [0.1, 0.15) is 11.4 Å². The van der Waals surface area contributed by atoms with E-state index in [4.69, 9.17) is 4.74 Å². The lowest BCUT2D eigenvalue weighted by Gasteiger charge is -2.29. The summed E-state index contributed by atoms with van der Waals surface area (Å²) in [5.74, 6) is -1.20. The maximum Gasteiger partial charge on any atom is 0.421 e. The molecular formula is C25H22FNO3S. The van der Waals surface area contributed by atoms with Gasteiger partial charge >= 0.3 is 6.09 Å². The highest BCUT2D eigenvalue weighted by molar-refractivity contribution is 8.01. The molecule has 0 spiro atoms. The van der Waals surface area contributed by atoms with Crippen molar-refractivity contribution >= 4 is 29.4 Å². The molecule has 0 unspecified atom stereocenters. The van der Waals surface area contributed by atoms with Crippen molar-refractivity contribution in [2.75, 3.05) is 4.90 Å². The van der Waals surface area contributed by atoms with Gasteiger partial charge in [-0.2, -0.15) is 0 Å². The SMILES string of the molecule is CC(C)(C)OC(=O)N1C(=O)[C@](Sc2ccccc2)(c2ccccc2)c2cccc(F)c21. The van der Waals surface area contributed by atoms with E-state index in [2.05, 4.69) is 0 Å². The lowest BCUT2D eigenvalue weighted by Crippen LogP contribution is -2.44. The summed E-state index contributed by atoms with van der Waals surface area (Å²) < 4.78 is 19.2. The van der Waals surface area contributed by atoms with Gasteiger partial charge in [0.05, 0.1) is 5.69 Å². The van der Waals surface area contributed by atoms with Gasteiger partial charge in [-0.25, -0.2) is 14.1 Å². The number of fused-ring (bicyclic) bond motifs is 1.